The standard InChI is InChI=1S/C11H10BrClN4O/c12-9-3-7-1-2-18-11(7)8(4-9)6-17-10(5-13)14-15-16-17/h3-4H,1-2,5-6H2. The molecule has 1 aromatic heterocycles. The van der Waals surface area contributed by atoms with Gasteiger partial charge in [0, 0.05) is 16.5 Å². The molecule has 0 spiro atoms. The van der Waals surface area contributed by atoms with E-state index < -0.39 is 0 Å². The average molecular weight is 330 g/mol. The molecule has 0 radical (unpaired) electrons. The van der Waals surface area contributed by atoms with E-state index in [2.05, 4.69) is 37.5 Å². The molecule has 0 saturated carbocycles. The summed E-state index contributed by atoms with van der Waals surface area (Å²) in [6.07, 6.45) is 0.944. The van der Waals surface area contributed by atoms with Crippen LogP contribution in [0.4, 0.5) is 0 Å². The highest BCUT2D eigenvalue weighted by atomic mass is 79.9. The number of ether oxygens (including phenoxy) is 1. The smallest absolute Gasteiger partial charge is 0.166 e. The number of benzene rings is 1. The van der Waals surface area contributed by atoms with Crippen LogP contribution in [-0.2, 0) is 18.8 Å². The van der Waals surface area contributed by atoms with Crippen LogP contribution in [0.2, 0.25) is 0 Å². The molecule has 7 heteroatoms. The predicted molar refractivity (Wildman–Crippen MR) is 69.8 cm³/mol. The van der Waals surface area contributed by atoms with E-state index in [1.54, 1.807) is 4.68 Å². The first-order valence-electron chi connectivity index (χ1n) is 5.53. The van der Waals surface area contributed by atoms with Crippen LogP contribution in [0.25, 0.3) is 0 Å². The van der Waals surface area contributed by atoms with Crippen LogP contribution in [0.5, 0.6) is 5.75 Å². The number of aromatic nitrogens is 4. The van der Waals surface area contributed by atoms with Crippen LogP contribution < -0.4 is 4.74 Å². The van der Waals surface area contributed by atoms with Gasteiger partial charge in [-0.15, -0.1) is 16.7 Å². The zero-order valence-electron chi connectivity index (χ0n) is 9.44. The minimum atomic E-state index is 0.296. The summed E-state index contributed by atoms with van der Waals surface area (Å²) >= 11 is 9.30. The molecule has 0 atom stereocenters. The van der Waals surface area contributed by atoms with Crippen molar-refractivity contribution in [2.45, 2.75) is 18.8 Å². The van der Waals surface area contributed by atoms with E-state index >= 15 is 0 Å². The summed E-state index contributed by atoms with van der Waals surface area (Å²) in [7, 11) is 0. The van der Waals surface area contributed by atoms with Crippen LogP contribution >= 0.6 is 27.5 Å². The van der Waals surface area contributed by atoms with E-state index in [0.29, 0.717) is 18.2 Å². The fraction of sp³-hybridized carbons (Fsp3) is 0.364. The number of alkyl halides is 1. The summed E-state index contributed by atoms with van der Waals surface area (Å²) in [5.74, 6) is 1.90. The number of hydrogen-bond donors (Lipinski definition) is 0. The topological polar surface area (TPSA) is 52.8 Å². The molecule has 5 nitrogen and oxygen atoms in total. The molecule has 0 aliphatic carbocycles. The van der Waals surface area contributed by atoms with Crippen LogP contribution in [0.3, 0.4) is 0 Å². The van der Waals surface area contributed by atoms with Crippen LogP contribution in [0.15, 0.2) is 16.6 Å². The Kier molecular flexibility index (Phi) is 3.22. The molecule has 0 N–H and O–H groups in total. The third-order valence-corrected chi connectivity index (χ3v) is 3.57. The number of nitrogens with zero attached hydrogens (tertiary/aromatic N) is 4. The lowest BCUT2D eigenvalue weighted by Crippen LogP contribution is -2.07. The van der Waals surface area contributed by atoms with Crippen LogP contribution in [0.1, 0.15) is 17.0 Å². The summed E-state index contributed by atoms with van der Waals surface area (Å²) in [5, 5.41) is 11.4. The molecule has 0 fully saturated rings. The first-order chi connectivity index (χ1) is 8.78. The SMILES string of the molecule is ClCc1nnnn1Cc1cc(Br)cc2c1OCC2. The Bertz CT molecular complexity index is 586. The Labute approximate surface area is 117 Å². The Balaban J connectivity index is 1.98. The molecule has 2 heterocycles. The van der Waals surface area contributed by atoms with Crippen LogP contribution in [-0.4, -0.2) is 26.8 Å². The molecule has 18 heavy (non-hydrogen) atoms. The summed E-state index contributed by atoms with van der Waals surface area (Å²) in [6.45, 7) is 1.30. The van der Waals surface area contributed by atoms with Crippen LogP contribution in [0, 0.1) is 0 Å². The number of halogens is 2. The van der Waals surface area contributed by atoms with Gasteiger partial charge in [0.05, 0.1) is 19.0 Å². The zero-order valence-corrected chi connectivity index (χ0v) is 11.8. The van der Waals surface area contributed by atoms with Gasteiger partial charge in [-0.3, -0.25) is 0 Å². The molecule has 1 aliphatic rings. The average Bonchev–Trinajstić information content (AvgIpc) is 2.96. The van der Waals surface area contributed by atoms with E-state index in [0.717, 1.165) is 28.8 Å². The van der Waals surface area contributed by atoms with Gasteiger partial charge in [-0.1, -0.05) is 15.9 Å². The Hall–Kier alpha value is -1.14. The minimum absolute atomic E-state index is 0.296. The van der Waals surface area contributed by atoms with Gasteiger partial charge < -0.3 is 4.74 Å². The summed E-state index contributed by atoms with van der Waals surface area (Å²) < 4.78 is 8.41. The highest BCUT2D eigenvalue weighted by Gasteiger charge is 2.18. The second-order valence-corrected chi connectivity index (χ2v) is 5.22. The number of rotatable bonds is 3. The van der Waals surface area contributed by atoms with Gasteiger partial charge in [-0.05, 0) is 28.1 Å². The van der Waals surface area contributed by atoms with Gasteiger partial charge in [-0.2, -0.15) is 0 Å². The third kappa shape index (κ3) is 2.10. The van der Waals surface area contributed by atoms with Crippen molar-refractivity contribution >= 4 is 27.5 Å². The second kappa shape index (κ2) is 4.85. The second-order valence-electron chi connectivity index (χ2n) is 4.04. The molecular weight excluding hydrogens is 320 g/mol. The maximum atomic E-state index is 5.78. The maximum Gasteiger partial charge on any atom is 0.166 e. The highest BCUT2D eigenvalue weighted by Crippen LogP contribution is 2.33. The molecule has 2 aromatic rings. The van der Waals surface area contributed by atoms with E-state index in [4.69, 9.17) is 16.3 Å². The first kappa shape index (κ1) is 11.9. The van der Waals surface area contributed by atoms with Crippen molar-refractivity contribution in [3.63, 3.8) is 0 Å². The normalized spacial score (nSPS) is 13.4. The Morgan fingerprint density at radius 2 is 2.33 bits per heavy atom. The highest BCUT2D eigenvalue weighted by molar-refractivity contribution is 9.10. The van der Waals surface area contributed by atoms with Gasteiger partial charge >= 0.3 is 0 Å². The molecular formula is C11H10BrClN4O. The van der Waals surface area contributed by atoms with E-state index in [1.807, 2.05) is 6.07 Å². The van der Waals surface area contributed by atoms with Crippen molar-refractivity contribution < 1.29 is 4.74 Å². The monoisotopic (exact) mass is 328 g/mol. The number of tetrazole rings is 1. The third-order valence-electron chi connectivity index (χ3n) is 2.87. The van der Waals surface area contributed by atoms with Crippen molar-refractivity contribution in [1.29, 1.82) is 0 Å². The van der Waals surface area contributed by atoms with Gasteiger partial charge in [0.25, 0.3) is 0 Å². The van der Waals surface area contributed by atoms with E-state index in [1.165, 1.54) is 5.56 Å². The van der Waals surface area contributed by atoms with Gasteiger partial charge in [0.1, 0.15) is 5.75 Å². The van der Waals surface area contributed by atoms with E-state index in [9.17, 15) is 0 Å². The van der Waals surface area contributed by atoms with E-state index in [-0.39, 0.29) is 0 Å². The Morgan fingerprint density at radius 3 is 3.17 bits per heavy atom. The molecule has 1 aromatic carbocycles. The molecule has 3 rings (SSSR count). The fourth-order valence-corrected chi connectivity index (χ4v) is 2.81. The fourth-order valence-electron chi connectivity index (χ4n) is 2.07. The summed E-state index contributed by atoms with van der Waals surface area (Å²) in [4.78, 5) is 0. The molecule has 94 valence electrons. The first-order valence-corrected chi connectivity index (χ1v) is 6.86. The largest absolute Gasteiger partial charge is 0.493 e. The van der Waals surface area contributed by atoms with Crippen molar-refractivity contribution in [2.24, 2.45) is 0 Å². The van der Waals surface area contributed by atoms with Gasteiger partial charge in [0.15, 0.2) is 5.82 Å². The quantitative estimate of drug-likeness (QED) is 0.810. The lowest BCUT2D eigenvalue weighted by Gasteiger charge is -2.09. The van der Waals surface area contributed by atoms with Crippen molar-refractivity contribution in [2.75, 3.05) is 6.61 Å². The van der Waals surface area contributed by atoms with Crippen molar-refractivity contribution in [1.82, 2.24) is 20.2 Å². The molecule has 1 aliphatic heterocycles. The summed E-state index contributed by atoms with van der Waals surface area (Å²) in [6, 6.07) is 4.12. The number of hydrogen-bond acceptors (Lipinski definition) is 4. The summed E-state index contributed by atoms with van der Waals surface area (Å²) in [5.41, 5.74) is 2.29. The minimum Gasteiger partial charge on any atom is -0.493 e. The molecule has 0 bridgehead atoms. The lowest BCUT2D eigenvalue weighted by atomic mass is 10.1. The maximum absolute atomic E-state index is 5.78. The number of fused-ring (bicyclic) bond motifs is 1. The molecule has 0 unspecified atom stereocenters. The predicted octanol–water partition coefficient (Wildman–Crippen LogP) is 2.16. The lowest BCUT2D eigenvalue weighted by molar-refractivity contribution is 0.352. The van der Waals surface area contributed by atoms with Gasteiger partial charge in [-0.25, -0.2) is 4.68 Å². The molecule has 0 saturated heterocycles. The zero-order chi connectivity index (χ0) is 12.5. The Morgan fingerprint density at radius 1 is 1.44 bits per heavy atom. The van der Waals surface area contributed by atoms with Crippen molar-refractivity contribution in [3.05, 3.63) is 33.6 Å². The van der Waals surface area contributed by atoms with Crippen molar-refractivity contribution in [3.8, 4) is 5.75 Å². The molecule has 0 amide bonds. The van der Waals surface area contributed by atoms with Gasteiger partial charge in [0.2, 0.25) is 0 Å².